The number of aromatic nitrogens is 2. The summed E-state index contributed by atoms with van der Waals surface area (Å²) in [4.78, 5) is 33.9. The first-order valence-corrected chi connectivity index (χ1v) is 18.9. The third-order valence-electron chi connectivity index (χ3n) is 7.35. The SMILES string of the molecule is Cc1cc(C)c(C(c2ccc(C(=O)c3cccc(I)c3)[nH]2)c2ccc(C(=O)c3cccc(C#C[Si](C)(C)C)c3)[nH]2)c(C)c1. The fourth-order valence-corrected chi connectivity index (χ4v) is 6.55. The molecule has 0 amide bonds. The Bertz CT molecular complexity index is 1890. The molecule has 2 aromatic heterocycles. The van der Waals surface area contributed by atoms with Gasteiger partial charge in [0.05, 0.1) is 17.3 Å². The van der Waals surface area contributed by atoms with E-state index < -0.39 is 8.07 Å². The molecule has 0 spiro atoms. The van der Waals surface area contributed by atoms with Crippen LogP contribution in [0.2, 0.25) is 19.6 Å². The van der Waals surface area contributed by atoms with Crippen LogP contribution < -0.4 is 0 Å². The molecule has 43 heavy (non-hydrogen) atoms. The summed E-state index contributed by atoms with van der Waals surface area (Å²) in [5.41, 5.74) is 12.9. The number of ketones is 2. The third-order valence-corrected chi connectivity index (χ3v) is 8.89. The molecule has 6 heteroatoms. The van der Waals surface area contributed by atoms with E-state index in [0.717, 1.165) is 37.2 Å². The zero-order chi connectivity index (χ0) is 30.9. The lowest BCUT2D eigenvalue weighted by molar-refractivity contribution is 0.102. The van der Waals surface area contributed by atoms with Crippen LogP contribution in [0.15, 0.2) is 84.9 Å². The number of rotatable bonds is 7. The van der Waals surface area contributed by atoms with Crippen LogP contribution in [0.3, 0.4) is 0 Å². The number of carbonyl (C=O) groups is 2. The summed E-state index contributed by atoms with van der Waals surface area (Å²) in [6, 6.07) is 27.2. The van der Waals surface area contributed by atoms with E-state index in [-0.39, 0.29) is 17.5 Å². The second kappa shape index (κ2) is 12.4. The Hall–Kier alpha value is -3.93. The van der Waals surface area contributed by atoms with Gasteiger partial charge >= 0.3 is 0 Å². The van der Waals surface area contributed by atoms with Crippen molar-refractivity contribution in [2.45, 2.75) is 46.3 Å². The molecule has 5 aromatic rings. The van der Waals surface area contributed by atoms with Crippen molar-refractivity contribution >= 4 is 42.2 Å². The molecule has 0 bridgehead atoms. The van der Waals surface area contributed by atoms with Crippen molar-refractivity contribution in [3.05, 3.63) is 150 Å². The van der Waals surface area contributed by atoms with Crippen LogP contribution in [0.25, 0.3) is 0 Å². The first-order chi connectivity index (χ1) is 20.4. The zero-order valence-corrected chi connectivity index (χ0v) is 28.5. The fraction of sp³-hybridized carbons (Fsp3) is 0.189. The van der Waals surface area contributed by atoms with Gasteiger partial charge in [0.1, 0.15) is 8.07 Å². The first kappa shape index (κ1) is 30.5. The largest absolute Gasteiger partial charge is 0.355 e. The van der Waals surface area contributed by atoms with Gasteiger partial charge in [-0.1, -0.05) is 67.5 Å². The Morgan fingerprint density at radius 1 is 0.721 bits per heavy atom. The molecule has 1 atom stereocenters. The monoisotopic (exact) mass is 694 g/mol. The average Bonchev–Trinajstić information content (AvgIpc) is 3.63. The predicted octanol–water partition coefficient (Wildman–Crippen LogP) is 8.74. The van der Waals surface area contributed by atoms with Gasteiger partial charge in [0.2, 0.25) is 11.6 Å². The van der Waals surface area contributed by atoms with E-state index in [2.05, 4.69) is 96.6 Å². The van der Waals surface area contributed by atoms with Gasteiger partial charge in [-0.3, -0.25) is 9.59 Å². The number of carbonyl (C=O) groups excluding carboxylic acids is 2. The standard InChI is InChI=1S/C37H35IN2O2Si/c1-23-19-24(2)34(25(3)20-23)35(31-14-16-33(40-31)37(42)28-11-8-12-29(38)22-28)30-13-15-32(39-30)36(41)27-10-7-9-26(21-27)17-18-43(4,5)6/h7-16,19-22,35,39-40H,1-6H3. The van der Waals surface area contributed by atoms with E-state index in [9.17, 15) is 9.59 Å². The molecule has 0 saturated carbocycles. The highest BCUT2D eigenvalue weighted by atomic mass is 127. The summed E-state index contributed by atoms with van der Waals surface area (Å²) in [6.45, 7) is 12.9. The molecule has 0 fully saturated rings. The molecule has 0 aliphatic heterocycles. The Morgan fingerprint density at radius 2 is 1.26 bits per heavy atom. The molecule has 216 valence electrons. The molecular weight excluding hydrogens is 659 g/mol. The van der Waals surface area contributed by atoms with Crippen LogP contribution in [-0.2, 0) is 0 Å². The molecule has 5 rings (SSSR count). The summed E-state index contributed by atoms with van der Waals surface area (Å²) in [5, 5.41) is 0. The van der Waals surface area contributed by atoms with Crippen molar-refractivity contribution in [3.8, 4) is 11.5 Å². The number of hydrogen-bond donors (Lipinski definition) is 2. The molecule has 0 saturated heterocycles. The van der Waals surface area contributed by atoms with Gasteiger partial charge in [-0.15, -0.1) is 5.54 Å². The number of aromatic amines is 2. The van der Waals surface area contributed by atoms with E-state index in [1.54, 1.807) is 0 Å². The van der Waals surface area contributed by atoms with E-state index in [1.165, 1.54) is 5.56 Å². The maximum absolute atomic E-state index is 13.6. The minimum Gasteiger partial charge on any atom is -0.355 e. The van der Waals surface area contributed by atoms with Gasteiger partial charge in [0.25, 0.3) is 0 Å². The lowest BCUT2D eigenvalue weighted by atomic mass is 9.85. The van der Waals surface area contributed by atoms with Crippen LogP contribution in [0.1, 0.15) is 77.2 Å². The van der Waals surface area contributed by atoms with Crippen LogP contribution in [0.5, 0.6) is 0 Å². The summed E-state index contributed by atoms with van der Waals surface area (Å²) in [6.07, 6.45) is 0. The van der Waals surface area contributed by atoms with E-state index >= 15 is 0 Å². The van der Waals surface area contributed by atoms with E-state index in [4.69, 9.17) is 0 Å². The van der Waals surface area contributed by atoms with Crippen molar-refractivity contribution in [2.75, 3.05) is 0 Å². The van der Waals surface area contributed by atoms with Crippen molar-refractivity contribution in [3.63, 3.8) is 0 Å². The predicted molar refractivity (Wildman–Crippen MR) is 186 cm³/mol. The summed E-state index contributed by atoms with van der Waals surface area (Å²) < 4.78 is 1.01. The summed E-state index contributed by atoms with van der Waals surface area (Å²) >= 11 is 2.22. The van der Waals surface area contributed by atoms with Gasteiger partial charge in [0.15, 0.2) is 0 Å². The molecule has 0 aliphatic rings. The van der Waals surface area contributed by atoms with Gasteiger partial charge in [-0.05, 0) is 109 Å². The van der Waals surface area contributed by atoms with Crippen molar-refractivity contribution in [1.82, 2.24) is 9.97 Å². The Morgan fingerprint density at radius 3 is 1.79 bits per heavy atom. The number of nitrogens with one attached hydrogen (secondary N) is 2. The first-order valence-electron chi connectivity index (χ1n) is 14.3. The minimum atomic E-state index is -1.54. The molecular formula is C37H35IN2O2Si. The van der Waals surface area contributed by atoms with Crippen molar-refractivity contribution in [2.24, 2.45) is 0 Å². The topological polar surface area (TPSA) is 65.7 Å². The Balaban J connectivity index is 1.54. The highest BCUT2D eigenvalue weighted by Crippen LogP contribution is 2.36. The molecule has 1 unspecified atom stereocenters. The lowest BCUT2D eigenvalue weighted by Crippen LogP contribution is -2.16. The van der Waals surface area contributed by atoms with Gasteiger partial charge in [-0.2, -0.15) is 0 Å². The Labute approximate surface area is 268 Å². The summed E-state index contributed by atoms with van der Waals surface area (Å²) in [5.74, 6) is 2.89. The lowest BCUT2D eigenvalue weighted by Gasteiger charge is -2.21. The van der Waals surface area contributed by atoms with Crippen LogP contribution in [-0.4, -0.2) is 29.6 Å². The summed E-state index contributed by atoms with van der Waals surface area (Å²) in [7, 11) is -1.54. The molecule has 2 heterocycles. The van der Waals surface area contributed by atoms with Crippen LogP contribution in [0, 0.1) is 35.8 Å². The van der Waals surface area contributed by atoms with Gasteiger partial charge in [-0.25, -0.2) is 0 Å². The number of halogens is 1. The second-order valence-corrected chi connectivity index (χ2v) is 18.1. The third kappa shape index (κ3) is 7.01. The van der Waals surface area contributed by atoms with Gasteiger partial charge < -0.3 is 9.97 Å². The normalized spacial score (nSPS) is 12.0. The highest BCUT2D eigenvalue weighted by Gasteiger charge is 2.26. The number of aryl methyl sites for hydroxylation is 3. The zero-order valence-electron chi connectivity index (χ0n) is 25.4. The van der Waals surface area contributed by atoms with Crippen LogP contribution in [0.4, 0.5) is 0 Å². The maximum atomic E-state index is 13.6. The number of hydrogen-bond acceptors (Lipinski definition) is 2. The number of benzene rings is 3. The van der Waals surface area contributed by atoms with Crippen molar-refractivity contribution in [1.29, 1.82) is 0 Å². The maximum Gasteiger partial charge on any atom is 0.209 e. The Kier molecular flexibility index (Phi) is 8.77. The minimum absolute atomic E-state index is 0.0553. The van der Waals surface area contributed by atoms with Crippen LogP contribution >= 0.6 is 22.6 Å². The van der Waals surface area contributed by atoms with Gasteiger partial charge in [0, 0.05) is 31.6 Å². The molecule has 0 aliphatic carbocycles. The quantitative estimate of drug-likeness (QED) is 0.0775. The average molecular weight is 695 g/mol. The van der Waals surface area contributed by atoms with E-state index in [1.807, 2.05) is 72.8 Å². The smallest absolute Gasteiger partial charge is 0.209 e. The fourth-order valence-electron chi connectivity index (χ4n) is 5.49. The number of H-pyrrole nitrogens is 2. The molecule has 3 aromatic carbocycles. The molecule has 0 radical (unpaired) electrons. The molecule has 4 nitrogen and oxygen atoms in total. The second-order valence-electron chi connectivity index (χ2n) is 12.1. The highest BCUT2D eigenvalue weighted by molar-refractivity contribution is 14.1. The van der Waals surface area contributed by atoms with E-state index in [0.29, 0.717) is 22.5 Å². The van der Waals surface area contributed by atoms with Crippen molar-refractivity contribution < 1.29 is 9.59 Å². The molecule has 2 N–H and O–H groups in total.